The standard InChI is InChI=1S/C13H16F2O/c1-12(2)7-4-8-13(12,16)11-9(14)5-3-6-10(11)15/h3,5-6,16H,4,7-8H2,1-2H3. The van der Waals surface area contributed by atoms with Gasteiger partial charge in [0.2, 0.25) is 0 Å². The first-order valence-corrected chi connectivity index (χ1v) is 5.55. The second kappa shape index (κ2) is 3.52. The van der Waals surface area contributed by atoms with Crippen molar-refractivity contribution in [3.05, 3.63) is 35.4 Å². The van der Waals surface area contributed by atoms with E-state index in [0.717, 1.165) is 12.8 Å². The molecule has 2 rings (SSSR count). The van der Waals surface area contributed by atoms with Gasteiger partial charge in [-0.05, 0) is 36.8 Å². The second-order valence-corrected chi connectivity index (χ2v) is 5.19. The highest BCUT2D eigenvalue weighted by Crippen LogP contribution is 2.53. The Bertz CT molecular complexity index is 394. The molecule has 0 aliphatic heterocycles. The van der Waals surface area contributed by atoms with Gasteiger partial charge in [-0.1, -0.05) is 19.9 Å². The minimum atomic E-state index is -1.39. The Hall–Kier alpha value is -0.960. The topological polar surface area (TPSA) is 20.2 Å². The molecular weight excluding hydrogens is 210 g/mol. The van der Waals surface area contributed by atoms with Gasteiger partial charge in [0, 0.05) is 0 Å². The van der Waals surface area contributed by atoms with E-state index in [-0.39, 0.29) is 5.56 Å². The maximum Gasteiger partial charge on any atom is 0.132 e. The lowest BCUT2D eigenvalue weighted by molar-refractivity contribution is -0.0540. The number of benzene rings is 1. The van der Waals surface area contributed by atoms with Crippen LogP contribution in [0.5, 0.6) is 0 Å². The van der Waals surface area contributed by atoms with Crippen LogP contribution in [0.3, 0.4) is 0 Å². The fourth-order valence-corrected chi connectivity index (χ4v) is 2.69. The lowest BCUT2D eigenvalue weighted by atomic mass is 9.73. The molecule has 1 nitrogen and oxygen atoms in total. The summed E-state index contributed by atoms with van der Waals surface area (Å²) >= 11 is 0. The molecule has 0 bridgehead atoms. The highest BCUT2D eigenvalue weighted by atomic mass is 19.1. The van der Waals surface area contributed by atoms with E-state index in [2.05, 4.69) is 0 Å². The van der Waals surface area contributed by atoms with Crippen molar-refractivity contribution < 1.29 is 13.9 Å². The molecule has 1 aliphatic carbocycles. The summed E-state index contributed by atoms with van der Waals surface area (Å²) in [6.45, 7) is 3.71. The number of hydrogen-bond donors (Lipinski definition) is 1. The molecule has 3 heteroatoms. The van der Waals surface area contributed by atoms with Crippen LogP contribution in [0.4, 0.5) is 8.78 Å². The quantitative estimate of drug-likeness (QED) is 0.778. The van der Waals surface area contributed by atoms with Gasteiger partial charge in [-0.25, -0.2) is 8.78 Å². The van der Waals surface area contributed by atoms with E-state index in [9.17, 15) is 13.9 Å². The van der Waals surface area contributed by atoms with Crippen molar-refractivity contribution in [1.29, 1.82) is 0 Å². The van der Waals surface area contributed by atoms with Crippen LogP contribution in [0.2, 0.25) is 0 Å². The van der Waals surface area contributed by atoms with E-state index in [1.807, 2.05) is 13.8 Å². The normalized spacial score (nSPS) is 28.3. The highest BCUT2D eigenvalue weighted by Gasteiger charge is 2.51. The van der Waals surface area contributed by atoms with Crippen LogP contribution in [-0.4, -0.2) is 5.11 Å². The van der Waals surface area contributed by atoms with Gasteiger partial charge in [0.05, 0.1) is 5.56 Å². The summed E-state index contributed by atoms with van der Waals surface area (Å²) in [6.07, 6.45) is 1.98. The van der Waals surface area contributed by atoms with Gasteiger partial charge in [0.1, 0.15) is 17.2 Å². The third kappa shape index (κ3) is 1.46. The molecule has 0 saturated heterocycles. The molecule has 0 heterocycles. The van der Waals surface area contributed by atoms with Gasteiger partial charge < -0.3 is 5.11 Å². The first-order valence-electron chi connectivity index (χ1n) is 5.55. The molecule has 0 amide bonds. The fourth-order valence-electron chi connectivity index (χ4n) is 2.69. The largest absolute Gasteiger partial charge is 0.384 e. The van der Waals surface area contributed by atoms with Crippen LogP contribution < -0.4 is 0 Å². The number of aliphatic hydroxyl groups is 1. The Labute approximate surface area is 94.1 Å². The third-order valence-corrected chi connectivity index (χ3v) is 3.84. The van der Waals surface area contributed by atoms with Gasteiger partial charge in [-0.3, -0.25) is 0 Å². The second-order valence-electron chi connectivity index (χ2n) is 5.19. The van der Waals surface area contributed by atoms with E-state index < -0.39 is 22.7 Å². The maximum atomic E-state index is 13.7. The van der Waals surface area contributed by atoms with Crippen molar-refractivity contribution in [2.75, 3.05) is 0 Å². The monoisotopic (exact) mass is 226 g/mol. The van der Waals surface area contributed by atoms with Crippen LogP contribution >= 0.6 is 0 Å². The van der Waals surface area contributed by atoms with Crippen molar-refractivity contribution >= 4 is 0 Å². The summed E-state index contributed by atoms with van der Waals surface area (Å²) in [5, 5.41) is 10.6. The SMILES string of the molecule is CC1(C)CCCC1(O)c1c(F)cccc1F. The number of halogens is 2. The van der Waals surface area contributed by atoms with Gasteiger partial charge >= 0.3 is 0 Å². The van der Waals surface area contributed by atoms with Gasteiger partial charge in [0.15, 0.2) is 0 Å². The van der Waals surface area contributed by atoms with Gasteiger partial charge in [-0.15, -0.1) is 0 Å². The Kier molecular flexibility index (Phi) is 2.54. The first-order chi connectivity index (χ1) is 7.38. The van der Waals surface area contributed by atoms with Crippen LogP contribution in [0.25, 0.3) is 0 Å². The van der Waals surface area contributed by atoms with Crippen molar-refractivity contribution in [1.82, 2.24) is 0 Å². The van der Waals surface area contributed by atoms with E-state index in [4.69, 9.17) is 0 Å². The molecule has 0 radical (unpaired) electrons. The van der Waals surface area contributed by atoms with E-state index in [1.165, 1.54) is 18.2 Å². The molecule has 0 aromatic heterocycles. The van der Waals surface area contributed by atoms with Crippen molar-refractivity contribution in [3.8, 4) is 0 Å². The molecule has 0 spiro atoms. The minimum absolute atomic E-state index is 0.169. The molecular formula is C13H16F2O. The Morgan fingerprint density at radius 2 is 1.69 bits per heavy atom. The van der Waals surface area contributed by atoms with Crippen LogP contribution in [-0.2, 0) is 5.60 Å². The smallest absolute Gasteiger partial charge is 0.132 e. The zero-order valence-electron chi connectivity index (χ0n) is 9.56. The highest BCUT2D eigenvalue weighted by molar-refractivity contribution is 5.29. The summed E-state index contributed by atoms with van der Waals surface area (Å²) in [7, 11) is 0. The molecule has 1 atom stereocenters. The molecule has 1 aromatic carbocycles. The van der Waals surface area contributed by atoms with E-state index in [0.29, 0.717) is 6.42 Å². The molecule has 1 N–H and O–H groups in total. The zero-order chi connectivity index (χ0) is 12.0. The Morgan fingerprint density at radius 3 is 2.12 bits per heavy atom. The van der Waals surface area contributed by atoms with Crippen LogP contribution in [0.1, 0.15) is 38.7 Å². The van der Waals surface area contributed by atoms with Gasteiger partial charge in [-0.2, -0.15) is 0 Å². The van der Waals surface area contributed by atoms with Gasteiger partial charge in [0.25, 0.3) is 0 Å². The molecule has 1 unspecified atom stereocenters. The van der Waals surface area contributed by atoms with Crippen molar-refractivity contribution in [2.24, 2.45) is 5.41 Å². The minimum Gasteiger partial charge on any atom is -0.384 e. The van der Waals surface area contributed by atoms with Crippen LogP contribution in [0, 0.1) is 17.0 Å². The van der Waals surface area contributed by atoms with E-state index >= 15 is 0 Å². The lowest BCUT2D eigenvalue weighted by Gasteiger charge is -2.37. The predicted molar refractivity (Wildman–Crippen MR) is 57.9 cm³/mol. The number of hydrogen-bond acceptors (Lipinski definition) is 1. The number of rotatable bonds is 1. The lowest BCUT2D eigenvalue weighted by Crippen LogP contribution is -2.38. The summed E-state index contributed by atoms with van der Waals surface area (Å²) in [5.74, 6) is -1.31. The molecule has 1 fully saturated rings. The summed E-state index contributed by atoms with van der Waals surface area (Å²) in [4.78, 5) is 0. The van der Waals surface area contributed by atoms with E-state index in [1.54, 1.807) is 0 Å². The van der Waals surface area contributed by atoms with Crippen LogP contribution in [0.15, 0.2) is 18.2 Å². The maximum absolute atomic E-state index is 13.7. The fraction of sp³-hybridized carbons (Fsp3) is 0.538. The molecule has 1 aromatic rings. The Morgan fingerprint density at radius 1 is 1.12 bits per heavy atom. The summed E-state index contributed by atoms with van der Waals surface area (Å²) in [5.41, 5.74) is -2.05. The zero-order valence-corrected chi connectivity index (χ0v) is 9.56. The summed E-state index contributed by atoms with van der Waals surface area (Å²) in [6, 6.07) is 3.72. The molecule has 1 saturated carbocycles. The third-order valence-electron chi connectivity index (χ3n) is 3.84. The average molecular weight is 226 g/mol. The summed E-state index contributed by atoms with van der Waals surface area (Å²) < 4.78 is 27.4. The molecule has 88 valence electrons. The van der Waals surface area contributed by atoms with Crippen molar-refractivity contribution in [2.45, 2.75) is 38.7 Å². The average Bonchev–Trinajstić information content (AvgIpc) is 2.41. The molecule has 1 aliphatic rings. The first kappa shape index (κ1) is 11.5. The van der Waals surface area contributed by atoms with Crippen molar-refractivity contribution in [3.63, 3.8) is 0 Å². The molecule has 16 heavy (non-hydrogen) atoms. The Balaban J connectivity index is 2.60. The predicted octanol–water partition coefficient (Wildman–Crippen LogP) is 3.36.